The zero-order chi connectivity index (χ0) is 20.1. The van der Waals surface area contributed by atoms with Crippen LogP contribution < -0.4 is 14.8 Å². The quantitative estimate of drug-likeness (QED) is 0.615. The first-order valence-electron chi connectivity index (χ1n) is 8.33. The van der Waals surface area contributed by atoms with E-state index in [4.69, 9.17) is 4.74 Å². The van der Waals surface area contributed by atoms with Crippen molar-refractivity contribution in [3.63, 3.8) is 0 Å². The van der Waals surface area contributed by atoms with E-state index >= 15 is 0 Å². The molecule has 2 N–H and O–H groups in total. The summed E-state index contributed by atoms with van der Waals surface area (Å²) in [6, 6.07) is 13.8. The molecule has 0 spiro atoms. The van der Waals surface area contributed by atoms with Gasteiger partial charge in [-0.15, -0.1) is 11.3 Å². The van der Waals surface area contributed by atoms with Crippen LogP contribution in [0.15, 0.2) is 58.8 Å². The minimum absolute atomic E-state index is 0.132. The van der Waals surface area contributed by atoms with E-state index in [1.165, 1.54) is 17.5 Å². The third-order valence-electron chi connectivity index (χ3n) is 3.88. The minimum Gasteiger partial charge on any atom is -0.497 e. The normalized spacial score (nSPS) is 11.1. The number of ether oxygens (including phenoxy) is 1. The maximum absolute atomic E-state index is 12.4. The molecule has 146 valence electrons. The van der Waals surface area contributed by atoms with Crippen molar-refractivity contribution in [2.24, 2.45) is 0 Å². The molecule has 3 aromatic rings. The Morgan fingerprint density at radius 1 is 1.18 bits per heavy atom. The summed E-state index contributed by atoms with van der Waals surface area (Å²) in [4.78, 5) is 16.5. The molecule has 0 aliphatic heterocycles. The fraction of sp³-hybridized carbons (Fsp3) is 0.158. The van der Waals surface area contributed by atoms with Gasteiger partial charge < -0.3 is 10.1 Å². The van der Waals surface area contributed by atoms with E-state index in [0.717, 1.165) is 22.5 Å². The summed E-state index contributed by atoms with van der Waals surface area (Å²) in [6.45, 7) is 2.18. The average molecular weight is 418 g/mol. The second-order valence-electron chi connectivity index (χ2n) is 5.99. The van der Waals surface area contributed by atoms with Crippen molar-refractivity contribution in [3.8, 4) is 5.75 Å². The lowest BCUT2D eigenvalue weighted by molar-refractivity contribution is 0.0946. The van der Waals surface area contributed by atoms with Crippen LogP contribution in [0.4, 0.5) is 5.13 Å². The topological polar surface area (TPSA) is 97.4 Å². The van der Waals surface area contributed by atoms with Crippen molar-refractivity contribution in [1.29, 1.82) is 0 Å². The molecule has 3 rings (SSSR count). The van der Waals surface area contributed by atoms with E-state index in [-0.39, 0.29) is 21.6 Å². The Balaban J connectivity index is 1.64. The van der Waals surface area contributed by atoms with Crippen LogP contribution in [0.5, 0.6) is 5.75 Å². The lowest BCUT2D eigenvalue weighted by Crippen LogP contribution is -2.23. The number of hydrogen-bond acceptors (Lipinski definition) is 6. The largest absolute Gasteiger partial charge is 0.497 e. The van der Waals surface area contributed by atoms with E-state index in [1.54, 1.807) is 19.2 Å². The molecule has 7 nitrogen and oxygen atoms in total. The summed E-state index contributed by atoms with van der Waals surface area (Å²) < 4.78 is 32.4. The second kappa shape index (κ2) is 8.41. The van der Waals surface area contributed by atoms with Crippen LogP contribution in [0.25, 0.3) is 0 Å². The van der Waals surface area contributed by atoms with Gasteiger partial charge in [-0.2, -0.15) is 0 Å². The number of aromatic nitrogens is 1. The summed E-state index contributed by atoms with van der Waals surface area (Å²) in [5.41, 5.74) is 1.99. The summed E-state index contributed by atoms with van der Waals surface area (Å²) in [6.07, 6.45) is 0. The van der Waals surface area contributed by atoms with Gasteiger partial charge in [0.1, 0.15) is 11.4 Å². The van der Waals surface area contributed by atoms with Crippen LogP contribution in [0.2, 0.25) is 0 Å². The molecule has 0 unspecified atom stereocenters. The first-order chi connectivity index (χ1) is 13.4. The van der Waals surface area contributed by atoms with Gasteiger partial charge in [0, 0.05) is 11.9 Å². The number of nitrogens with zero attached hydrogens (tertiary/aromatic N) is 1. The Hall–Kier alpha value is -2.91. The molecule has 2 aromatic carbocycles. The van der Waals surface area contributed by atoms with Crippen LogP contribution in [0.3, 0.4) is 0 Å². The van der Waals surface area contributed by atoms with Gasteiger partial charge in [-0.3, -0.25) is 9.52 Å². The molecule has 0 saturated heterocycles. The third-order valence-corrected chi connectivity index (χ3v) is 6.12. The summed E-state index contributed by atoms with van der Waals surface area (Å²) in [5.74, 6) is 0.313. The fourth-order valence-electron chi connectivity index (χ4n) is 2.37. The smallest absolute Gasteiger partial charge is 0.271 e. The van der Waals surface area contributed by atoms with Crippen molar-refractivity contribution < 1.29 is 17.9 Å². The first kappa shape index (κ1) is 19.8. The van der Waals surface area contributed by atoms with Crippen molar-refractivity contribution in [2.75, 3.05) is 11.8 Å². The van der Waals surface area contributed by atoms with Crippen LogP contribution in [-0.4, -0.2) is 26.4 Å². The van der Waals surface area contributed by atoms with Crippen molar-refractivity contribution in [2.45, 2.75) is 18.4 Å². The number of sulfonamides is 1. The van der Waals surface area contributed by atoms with Crippen molar-refractivity contribution >= 4 is 32.4 Å². The molecule has 0 atom stereocenters. The third kappa shape index (κ3) is 4.87. The Morgan fingerprint density at radius 3 is 2.64 bits per heavy atom. The summed E-state index contributed by atoms with van der Waals surface area (Å²) >= 11 is 1.05. The highest BCUT2D eigenvalue weighted by Crippen LogP contribution is 2.20. The maximum Gasteiger partial charge on any atom is 0.271 e. The number of methoxy groups -OCH3 is 1. The van der Waals surface area contributed by atoms with E-state index in [0.29, 0.717) is 12.3 Å². The van der Waals surface area contributed by atoms with Gasteiger partial charge in [0.05, 0.1) is 12.0 Å². The molecule has 0 aliphatic rings. The van der Waals surface area contributed by atoms with E-state index in [9.17, 15) is 13.2 Å². The van der Waals surface area contributed by atoms with Crippen LogP contribution >= 0.6 is 11.3 Å². The number of carbonyl (C=O) groups excluding carboxylic acids is 1. The summed E-state index contributed by atoms with van der Waals surface area (Å²) in [5, 5.41) is 4.39. The molecule has 0 saturated carbocycles. The number of nitrogens with one attached hydrogen (secondary N) is 2. The number of rotatable bonds is 7. The molecule has 0 fully saturated rings. The van der Waals surface area contributed by atoms with Crippen molar-refractivity contribution in [1.82, 2.24) is 10.3 Å². The second-order valence-corrected chi connectivity index (χ2v) is 8.53. The highest BCUT2D eigenvalue weighted by Gasteiger charge is 2.17. The van der Waals surface area contributed by atoms with Crippen molar-refractivity contribution in [3.05, 3.63) is 70.7 Å². The predicted octanol–water partition coefficient (Wildman–Crippen LogP) is 3.19. The Kier molecular flexibility index (Phi) is 5.96. The average Bonchev–Trinajstić information content (AvgIpc) is 3.14. The van der Waals surface area contributed by atoms with Gasteiger partial charge in [-0.1, -0.05) is 29.8 Å². The molecule has 1 amide bonds. The number of hydrogen-bond donors (Lipinski definition) is 2. The van der Waals surface area contributed by atoms with Crippen LogP contribution in [-0.2, 0) is 16.6 Å². The van der Waals surface area contributed by atoms with E-state index < -0.39 is 10.0 Å². The molecular formula is C19H19N3O4S2. The van der Waals surface area contributed by atoms with Gasteiger partial charge in [0.2, 0.25) is 0 Å². The molecule has 1 aromatic heterocycles. The number of benzene rings is 2. The number of carbonyl (C=O) groups is 1. The lowest BCUT2D eigenvalue weighted by Gasteiger charge is -2.06. The van der Waals surface area contributed by atoms with Gasteiger partial charge in [-0.05, 0) is 36.8 Å². The number of amides is 1. The van der Waals surface area contributed by atoms with Gasteiger partial charge in [0.15, 0.2) is 5.13 Å². The first-order valence-corrected chi connectivity index (χ1v) is 10.7. The number of aryl methyl sites for hydroxylation is 1. The fourth-order valence-corrected chi connectivity index (χ4v) is 4.31. The molecule has 0 aliphatic carbocycles. The van der Waals surface area contributed by atoms with Crippen LogP contribution in [0, 0.1) is 6.92 Å². The Bertz CT molecular complexity index is 1080. The maximum atomic E-state index is 12.4. The molecule has 28 heavy (non-hydrogen) atoms. The lowest BCUT2D eigenvalue weighted by atomic mass is 10.2. The predicted molar refractivity (Wildman–Crippen MR) is 108 cm³/mol. The number of thiazole rings is 1. The molecule has 0 radical (unpaired) electrons. The zero-order valence-electron chi connectivity index (χ0n) is 15.3. The molecule has 0 bridgehead atoms. The monoisotopic (exact) mass is 417 g/mol. The Morgan fingerprint density at radius 2 is 1.93 bits per heavy atom. The highest BCUT2D eigenvalue weighted by atomic mass is 32.2. The van der Waals surface area contributed by atoms with E-state index in [1.807, 2.05) is 31.2 Å². The molecule has 9 heteroatoms. The van der Waals surface area contributed by atoms with Gasteiger partial charge in [-0.25, -0.2) is 13.4 Å². The standard InChI is InChI=1S/C19H19N3O4S2/c1-13-6-8-16(9-7-13)28(24,25)22-19-21-17(12-27-19)18(23)20-11-14-4-3-5-15(10-14)26-2/h3-10,12H,11H2,1-2H3,(H,20,23)(H,21,22). The highest BCUT2D eigenvalue weighted by molar-refractivity contribution is 7.93. The number of anilines is 1. The van der Waals surface area contributed by atoms with Crippen LogP contribution in [0.1, 0.15) is 21.6 Å². The SMILES string of the molecule is COc1cccc(CNC(=O)c2csc(NS(=O)(=O)c3ccc(C)cc3)n2)c1. The van der Waals surface area contributed by atoms with Gasteiger partial charge >= 0.3 is 0 Å². The van der Waals surface area contributed by atoms with Gasteiger partial charge in [0.25, 0.3) is 15.9 Å². The summed E-state index contributed by atoms with van der Waals surface area (Å²) in [7, 11) is -2.18. The zero-order valence-corrected chi connectivity index (χ0v) is 16.9. The van der Waals surface area contributed by atoms with E-state index in [2.05, 4.69) is 15.0 Å². The Labute approximate surface area is 167 Å². The minimum atomic E-state index is -3.75. The molecular weight excluding hydrogens is 398 g/mol. The molecule has 1 heterocycles.